The number of esters is 2. The minimum Gasteiger partial charge on any atom is -0.456 e. The SMILES string of the molecule is CC1(C)C(=O)[C@](C)(CC(=O)c2ccc(C(=O)C[C@@]3(C)C(=O)O[C@@H](c4ccc(Br)cc4)C(C)(C)C3=O)cc2)C(=O)O[C@@H]1c1ccc(Br)cc1. The number of carbonyl (C=O) groups is 6. The van der Waals surface area contributed by atoms with Gasteiger partial charge in [-0.05, 0) is 76.9 Å². The number of benzene rings is 3. The zero-order valence-electron chi connectivity index (χ0n) is 27.5. The van der Waals surface area contributed by atoms with Gasteiger partial charge in [-0.1, -0.05) is 80.4 Å². The highest BCUT2D eigenvalue weighted by atomic mass is 79.9. The van der Waals surface area contributed by atoms with Crippen LogP contribution >= 0.6 is 31.9 Å². The van der Waals surface area contributed by atoms with Crippen molar-refractivity contribution in [2.75, 3.05) is 0 Å². The Hall–Kier alpha value is -3.76. The van der Waals surface area contributed by atoms with Gasteiger partial charge in [0.1, 0.15) is 23.0 Å². The second-order valence-corrected chi connectivity index (χ2v) is 16.0. The van der Waals surface area contributed by atoms with Crippen LogP contribution in [0.15, 0.2) is 81.7 Å². The molecule has 0 amide bonds. The first-order valence-corrected chi connectivity index (χ1v) is 17.1. The second kappa shape index (κ2) is 12.6. The predicted molar refractivity (Wildman–Crippen MR) is 184 cm³/mol. The van der Waals surface area contributed by atoms with E-state index in [4.69, 9.17) is 9.47 Å². The smallest absolute Gasteiger partial charge is 0.320 e. The summed E-state index contributed by atoms with van der Waals surface area (Å²) in [6.45, 7) is 9.66. The summed E-state index contributed by atoms with van der Waals surface area (Å²) in [5, 5.41) is 0. The summed E-state index contributed by atoms with van der Waals surface area (Å²) in [5.74, 6) is -3.30. The van der Waals surface area contributed by atoms with Gasteiger partial charge in [-0.2, -0.15) is 0 Å². The Morgan fingerprint density at radius 3 is 1.12 bits per heavy atom. The molecular weight excluding hydrogens is 744 g/mol. The molecule has 2 heterocycles. The van der Waals surface area contributed by atoms with Crippen LogP contribution in [0.1, 0.15) is 98.4 Å². The van der Waals surface area contributed by atoms with Gasteiger partial charge in [0, 0.05) is 32.9 Å². The molecule has 2 fully saturated rings. The summed E-state index contributed by atoms with van der Waals surface area (Å²) in [6.07, 6.45) is -2.46. The van der Waals surface area contributed by atoms with Crippen molar-refractivity contribution >= 4 is 66.9 Å². The maximum atomic E-state index is 13.8. The molecule has 0 radical (unpaired) electrons. The van der Waals surface area contributed by atoms with Crippen LogP contribution in [0.5, 0.6) is 0 Å². The minimum atomic E-state index is -1.71. The third kappa shape index (κ3) is 6.13. The highest BCUT2D eigenvalue weighted by Gasteiger charge is 2.60. The molecular formula is C38H36Br2O8. The third-order valence-corrected chi connectivity index (χ3v) is 10.8. The van der Waals surface area contributed by atoms with E-state index in [1.54, 1.807) is 76.2 Å². The Balaban J connectivity index is 1.29. The largest absolute Gasteiger partial charge is 0.456 e. The molecule has 0 N–H and O–H groups in total. The first kappa shape index (κ1) is 35.5. The van der Waals surface area contributed by atoms with E-state index in [-0.39, 0.29) is 11.1 Å². The van der Waals surface area contributed by atoms with Gasteiger partial charge >= 0.3 is 11.9 Å². The van der Waals surface area contributed by atoms with E-state index in [9.17, 15) is 28.8 Å². The summed E-state index contributed by atoms with van der Waals surface area (Å²) < 4.78 is 13.3. The van der Waals surface area contributed by atoms with Crippen molar-refractivity contribution < 1.29 is 38.2 Å². The fraction of sp³-hybridized carbons (Fsp3) is 0.368. The molecule has 3 aromatic rings. The number of carbonyl (C=O) groups excluding carboxylic acids is 6. The monoisotopic (exact) mass is 778 g/mol. The molecule has 250 valence electrons. The summed E-state index contributed by atoms with van der Waals surface area (Å²) >= 11 is 6.76. The molecule has 0 unspecified atom stereocenters. The first-order valence-electron chi connectivity index (χ1n) is 15.5. The summed E-state index contributed by atoms with van der Waals surface area (Å²) in [6, 6.07) is 20.1. The molecule has 0 aromatic heterocycles. The third-order valence-electron chi connectivity index (χ3n) is 9.74. The maximum Gasteiger partial charge on any atom is 0.320 e. The number of hydrogen-bond donors (Lipinski definition) is 0. The molecule has 0 saturated carbocycles. The molecule has 3 aromatic carbocycles. The molecule has 48 heavy (non-hydrogen) atoms. The second-order valence-electron chi connectivity index (χ2n) is 14.2. The van der Waals surface area contributed by atoms with E-state index in [2.05, 4.69) is 31.9 Å². The van der Waals surface area contributed by atoms with Gasteiger partial charge in [-0.3, -0.25) is 28.8 Å². The number of ether oxygens (including phenoxy) is 2. The number of ketones is 4. The van der Waals surface area contributed by atoms with Crippen LogP contribution in [0.2, 0.25) is 0 Å². The topological polar surface area (TPSA) is 121 Å². The molecule has 2 saturated heterocycles. The lowest BCUT2D eigenvalue weighted by molar-refractivity contribution is -0.189. The number of hydrogen-bond acceptors (Lipinski definition) is 8. The summed E-state index contributed by atoms with van der Waals surface area (Å²) in [4.78, 5) is 81.0. The van der Waals surface area contributed by atoms with Crippen molar-refractivity contribution in [1.82, 2.24) is 0 Å². The van der Waals surface area contributed by atoms with Crippen LogP contribution in [-0.2, 0) is 28.7 Å². The van der Waals surface area contributed by atoms with Crippen LogP contribution < -0.4 is 0 Å². The fourth-order valence-corrected chi connectivity index (χ4v) is 7.38. The summed E-state index contributed by atoms with van der Waals surface area (Å²) in [5.41, 5.74) is -3.90. The predicted octanol–water partition coefficient (Wildman–Crippen LogP) is 8.16. The van der Waals surface area contributed by atoms with E-state index >= 15 is 0 Å². The molecule has 10 heteroatoms. The van der Waals surface area contributed by atoms with Crippen LogP contribution in [-0.4, -0.2) is 35.1 Å². The van der Waals surface area contributed by atoms with Crippen molar-refractivity contribution in [2.45, 2.75) is 66.6 Å². The van der Waals surface area contributed by atoms with Crippen molar-refractivity contribution in [3.05, 3.63) is 104 Å². The molecule has 0 aliphatic carbocycles. The standard InChI is InChI=1S/C38H36Br2O8/c1-35(2)29(23-11-15-25(39)16-12-23)47-33(45)37(5,31(35)43)19-27(41)21-7-9-22(10-8-21)28(42)20-38(6)32(44)36(3,4)30(48-34(38)46)24-13-17-26(40)18-14-24/h7-18,29-30H,19-20H2,1-6H3/t29-,30+,37+,38-. The van der Waals surface area contributed by atoms with E-state index in [0.717, 1.165) is 8.95 Å². The first-order chi connectivity index (χ1) is 22.3. The lowest BCUT2D eigenvalue weighted by Crippen LogP contribution is -2.54. The van der Waals surface area contributed by atoms with Crippen LogP contribution in [0.25, 0.3) is 0 Å². The molecule has 0 bridgehead atoms. The Morgan fingerprint density at radius 1 is 0.542 bits per heavy atom. The lowest BCUT2D eigenvalue weighted by atomic mass is 9.64. The zero-order chi connectivity index (χ0) is 35.4. The minimum absolute atomic E-state index is 0.194. The van der Waals surface area contributed by atoms with Gasteiger partial charge in [0.2, 0.25) is 0 Å². The number of halogens is 2. The van der Waals surface area contributed by atoms with Gasteiger partial charge in [0.15, 0.2) is 23.1 Å². The Labute approximate surface area is 296 Å². The molecule has 2 aliphatic rings. The van der Waals surface area contributed by atoms with Gasteiger partial charge in [-0.25, -0.2) is 0 Å². The highest BCUT2D eigenvalue weighted by Crippen LogP contribution is 2.51. The average Bonchev–Trinajstić information content (AvgIpc) is 3.04. The van der Waals surface area contributed by atoms with E-state index < -0.39 is 81.8 Å². The van der Waals surface area contributed by atoms with Gasteiger partial charge in [-0.15, -0.1) is 0 Å². The summed E-state index contributed by atoms with van der Waals surface area (Å²) in [7, 11) is 0. The molecule has 0 spiro atoms. The van der Waals surface area contributed by atoms with Crippen LogP contribution in [0.3, 0.4) is 0 Å². The van der Waals surface area contributed by atoms with Crippen molar-refractivity contribution in [3.63, 3.8) is 0 Å². The maximum absolute atomic E-state index is 13.8. The molecule has 4 atom stereocenters. The average molecular weight is 781 g/mol. The Bertz CT molecular complexity index is 1690. The van der Waals surface area contributed by atoms with Gasteiger partial charge < -0.3 is 9.47 Å². The van der Waals surface area contributed by atoms with E-state index in [1.807, 2.05) is 0 Å². The molecule has 2 aliphatic heterocycles. The van der Waals surface area contributed by atoms with E-state index in [1.165, 1.54) is 38.1 Å². The van der Waals surface area contributed by atoms with Crippen molar-refractivity contribution in [3.8, 4) is 0 Å². The fourth-order valence-electron chi connectivity index (χ4n) is 6.85. The molecule has 8 nitrogen and oxygen atoms in total. The van der Waals surface area contributed by atoms with E-state index in [0.29, 0.717) is 11.1 Å². The lowest BCUT2D eigenvalue weighted by Gasteiger charge is -2.44. The van der Waals surface area contributed by atoms with Gasteiger partial charge in [0.25, 0.3) is 0 Å². The van der Waals surface area contributed by atoms with Gasteiger partial charge in [0.05, 0.1) is 10.8 Å². The normalized spacial score (nSPS) is 26.4. The highest BCUT2D eigenvalue weighted by molar-refractivity contribution is 9.10. The molecule has 5 rings (SSSR count). The Morgan fingerprint density at radius 2 is 0.833 bits per heavy atom. The number of Topliss-reactive ketones (excluding diaryl/α,β-unsaturated/α-hetero) is 4. The van der Waals surface area contributed by atoms with Crippen LogP contribution in [0.4, 0.5) is 0 Å². The van der Waals surface area contributed by atoms with Crippen LogP contribution in [0, 0.1) is 21.7 Å². The number of rotatable bonds is 8. The zero-order valence-corrected chi connectivity index (χ0v) is 30.7. The number of cyclic esters (lactones) is 2. The Kier molecular flexibility index (Phi) is 9.33. The van der Waals surface area contributed by atoms with Crippen molar-refractivity contribution in [2.24, 2.45) is 21.7 Å². The van der Waals surface area contributed by atoms with Crippen molar-refractivity contribution in [1.29, 1.82) is 0 Å². The quantitative estimate of drug-likeness (QED) is 0.128.